The number of ether oxygens (including phenoxy) is 1. The molecule has 0 aliphatic rings. The molecule has 0 aromatic heterocycles. The van der Waals surface area contributed by atoms with Gasteiger partial charge in [-0.3, -0.25) is 4.79 Å². The average molecular weight is 339 g/mol. The molecule has 0 unspecified atom stereocenters. The van der Waals surface area contributed by atoms with Crippen molar-refractivity contribution in [1.29, 1.82) is 0 Å². The first-order valence-electron chi connectivity index (χ1n) is 8.04. The van der Waals surface area contributed by atoms with Gasteiger partial charge in [0, 0.05) is 0 Å². The highest BCUT2D eigenvalue weighted by molar-refractivity contribution is 6.69. The Balaban J connectivity index is 3.21. The minimum atomic E-state index is -1.94. The number of hydrogen-bond donors (Lipinski definition) is 1. The Morgan fingerprint density at radius 3 is 2.04 bits per heavy atom. The molecule has 0 saturated carbocycles. The van der Waals surface area contributed by atoms with Gasteiger partial charge < -0.3 is 14.3 Å². The maximum atomic E-state index is 12.7. The number of rotatable bonds is 6. The zero-order valence-corrected chi connectivity index (χ0v) is 16.3. The zero-order chi connectivity index (χ0) is 17.8. The van der Waals surface area contributed by atoms with Crippen LogP contribution in [-0.4, -0.2) is 31.1 Å². The summed E-state index contributed by atoms with van der Waals surface area (Å²) in [6.45, 7) is 13.3. The zero-order valence-electron chi connectivity index (χ0n) is 15.3. The molecule has 0 fully saturated rings. The van der Waals surface area contributed by atoms with Crippen LogP contribution in [0, 0.1) is 5.92 Å². The van der Waals surface area contributed by atoms with Crippen LogP contribution in [0.3, 0.4) is 0 Å². The summed E-state index contributed by atoms with van der Waals surface area (Å²) in [5, 5.41) is 10.2. The molecule has 0 heterocycles. The first-order valence-corrected chi connectivity index (χ1v) is 11.5. The normalized spacial score (nSPS) is 16.5. The van der Waals surface area contributed by atoms with Crippen LogP contribution < -0.4 is 0 Å². The van der Waals surface area contributed by atoms with E-state index in [1.165, 1.54) is 0 Å². The topological polar surface area (TPSA) is 55.8 Å². The maximum Gasteiger partial charge on any atom is 0.315 e. The number of carbonyl (C=O) groups excluding carboxylic acids is 1. The molecule has 5 heteroatoms. The highest BCUT2D eigenvalue weighted by atomic mass is 28.4. The molecule has 0 saturated heterocycles. The average Bonchev–Trinajstić information content (AvgIpc) is 2.34. The fourth-order valence-electron chi connectivity index (χ4n) is 2.32. The highest BCUT2D eigenvalue weighted by Crippen LogP contribution is 2.33. The maximum absolute atomic E-state index is 12.7. The van der Waals surface area contributed by atoms with Crippen molar-refractivity contribution in [1.82, 2.24) is 0 Å². The fraction of sp³-hybridized carbons (Fsp3) is 0.611. The lowest BCUT2D eigenvalue weighted by atomic mass is 9.91. The standard InChI is InChI=1S/C18H30O4Si/c1-13(19)15(17(20)21-18(2,3)4)16(22-23(5,6)7)14-11-9-8-10-12-14/h8-13,15-16,19H,1-7H3/t13-,15-,16-/m0/s1. The summed E-state index contributed by atoms with van der Waals surface area (Å²) in [7, 11) is -1.94. The Labute approximate surface area is 140 Å². The van der Waals surface area contributed by atoms with Crippen LogP contribution in [0.15, 0.2) is 30.3 Å². The van der Waals surface area contributed by atoms with E-state index in [1.807, 2.05) is 51.1 Å². The molecule has 4 nitrogen and oxygen atoms in total. The molecule has 130 valence electrons. The van der Waals surface area contributed by atoms with E-state index in [9.17, 15) is 9.90 Å². The molecular formula is C18H30O4Si. The van der Waals surface area contributed by atoms with Crippen LogP contribution in [0.2, 0.25) is 19.6 Å². The van der Waals surface area contributed by atoms with E-state index in [1.54, 1.807) is 6.92 Å². The summed E-state index contributed by atoms with van der Waals surface area (Å²) in [4.78, 5) is 12.7. The third kappa shape index (κ3) is 6.85. The predicted molar refractivity (Wildman–Crippen MR) is 94.6 cm³/mol. The van der Waals surface area contributed by atoms with E-state index in [0.29, 0.717) is 0 Å². The molecule has 1 aromatic carbocycles. The number of aliphatic hydroxyl groups is 1. The van der Waals surface area contributed by atoms with Crippen LogP contribution in [-0.2, 0) is 14.0 Å². The SMILES string of the molecule is C[C@H](O)[C@H](C(=O)OC(C)(C)C)[C@@H](O[Si](C)(C)C)c1ccccc1. The second kappa shape index (κ2) is 7.60. The van der Waals surface area contributed by atoms with E-state index in [0.717, 1.165) is 5.56 Å². The molecule has 0 amide bonds. The summed E-state index contributed by atoms with van der Waals surface area (Å²) in [6, 6.07) is 9.57. The van der Waals surface area contributed by atoms with E-state index < -0.39 is 38.0 Å². The smallest absolute Gasteiger partial charge is 0.315 e. The molecule has 23 heavy (non-hydrogen) atoms. The fourth-order valence-corrected chi connectivity index (χ4v) is 3.36. The molecular weight excluding hydrogens is 308 g/mol. The van der Waals surface area contributed by atoms with Gasteiger partial charge in [-0.15, -0.1) is 0 Å². The third-order valence-electron chi connectivity index (χ3n) is 3.13. The molecule has 0 spiro atoms. The van der Waals surface area contributed by atoms with Crippen molar-refractivity contribution in [2.24, 2.45) is 5.92 Å². The monoisotopic (exact) mass is 338 g/mol. The van der Waals surface area contributed by atoms with Gasteiger partial charge in [0.2, 0.25) is 0 Å². The van der Waals surface area contributed by atoms with Crippen LogP contribution >= 0.6 is 0 Å². The van der Waals surface area contributed by atoms with Crippen molar-refractivity contribution >= 4 is 14.3 Å². The molecule has 3 atom stereocenters. The van der Waals surface area contributed by atoms with Crippen molar-refractivity contribution in [2.75, 3.05) is 0 Å². The van der Waals surface area contributed by atoms with Gasteiger partial charge in [0.15, 0.2) is 8.32 Å². The van der Waals surface area contributed by atoms with Crippen LogP contribution in [0.4, 0.5) is 0 Å². The van der Waals surface area contributed by atoms with E-state index in [4.69, 9.17) is 9.16 Å². The Morgan fingerprint density at radius 2 is 1.65 bits per heavy atom. The van der Waals surface area contributed by atoms with Gasteiger partial charge in [-0.05, 0) is 52.9 Å². The first-order chi connectivity index (χ1) is 10.4. The minimum Gasteiger partial charge on any atom is -0.460 e. The largest absolute Gasteiger partial charge is 0.460 e. The van der Waals surface area contributed by atoms with Gasteiger partial charge in [-0.1, -0.05) is 30.3 Å². The lowest BCUT2D eigenvalue weighted by Gasteiger charge is -2.34. The molecule has 0 bridgehead atoms. The third-order valence-corrected chi connectivity index (χ3v) is 4.09. The summed E-state index contributed by atoms with van der Waals surface area (Å²) in [6.07, 6.45) is -1.39. The summed E-state index contributed by atoms with van der Waals surface area (Å²) >= 11 is 0. The summed E-state index contributed by atoms with van der Waals surface area (Å²) < 4.78 is 11.8. The van der Waals surface area contributed by atoms with Gasteiger partial charge in [0.25, 0.3) is 0 Å². The van der Waals surface area contributed by atoms with Gasteiger partial charge >= 0.3 is 5.97 Å². The minimum absolute atomic E-state index is 0.431. The van der Waals surface area contributed by atoms with E-state index in [-0.39, 0.29) is 0 Å². The Kier molecular flexibility index (Phi) is 6.56. The van der Waals surface area contributed by atoms with E-state index in [2.05, 4.69) is 19.6 Å². The number of aliphatic hydroxyl groups excluding tert-OH is 1. The first kappa shape index (κ1) is 19.9. The van der Waals surface area contributed by atoms with Crippen molar-refractivity contribution in [3.63, 3.8) is 0 Å². The van der Waals surface area contributed by atoms with Crippen molar-refractivity contribution in [2.45, 2.75) is 65.1 Å². The molecule has 1 aromatic rings. The van der Waals surface area contributed by atoms with Gasteiger partial charge in [0.1, 0.15) is 11.5 Å². The number of hydrogen-bond acceptors (Lipinski definition) is 4. The second-order valence-electron chi connectivity index (χ2n) is 7.86. The van der Waals surface area contributed by atoms with E-state index >= 15 is 0 Å². The molecule has 1 rings (SSSR count). The van der Waals surface area contributed by atoms with Gasteiger partial charge in [-0.2, -0.15) is 0 Å². The Hall–Kier alpha value is -1.17. The number of carbonyl (C=O) groups is 1. The highest BCUT2D eigenvalue weighted by Gasteiger charge is 2.39. The lowest BCUT2D eigenvalue weighted by Crippen LogP contribution is -2.41. The molecule has 0 aliphatic carbocycles. The van der Waals surface area contributed by atoms with Crippen LogP contribution in [0.25, 0.3) is 0 Å². The molecule has 0 radical (unpaired) electrons. The quantitative estimate of drug-likeness (QED) is 0.631. The second-order valence-corrected chi connectivity index (χ2v) is 12.3. The predicted octanol–water partition coefficient (Wildman–Crippen LogP) is 3.92. The van der Waals surface area contributed by atoms with Crippen LogP contribution in [0.5, 0.6) is 0 Å². The lowest BCUT2D eigenvalue weighted by molar-refractivity contribution is -0.168. The Bertz CT molecular complexity index is 500. The Morgan fingerprint density at radius 1 is 1.13 bits per heavy atom. The van der Waals surface area contributed by atoms with Gasteiger partial charge in [-0.25, -0.2) is 0 Å². The number of esters is 1. The molecule has 1 N–H and O–H groups in total. The molecule has 0 aliphatic heterocycles. The van der Waals surface area contributed by atoms with Gasteiger partial charge in [0.05, 0.1) is 12.2 Å². The van der Waals surface area contributed by atoms with Crippen molar-refractivity contribution < 1.29 is 19.1 Å². The van der Waals surface area contributed by atoms with Crippen LogP contribution in [0.1, 0.15) is 39.4 Å². The summed E-state index contributed by atoms with van der Waals surface area (Å²) in [5.41, 5.74) is 0.275. The van der Waals surface area contributed by atoms with Crippen molar-refractivity contribution in [3.05, 3.63) is 35.9 Å². The number of benzene rings is 1. The summed E-state index contributed by atoms with van der Waals surface area (Å²) in [5.74, 6) is -1.19. The van der Waals surface area contributed by atoms with Crippen molar-refractivity contribution in [3.8, 4) is 0 Å².